The number of halogens is 4. The van der Waals surface area contributed by atoms with Gasteiger partial charge in [0.25, 0.3) is 0 Å². The number of nitrogens with zero attached hydrogens (tertiary/aromatic N) is 1. The van der Waals surface area contributed by atoms with Gasteiger partial charge in [-0.2, -0.15) is 8.78 Å². The van der Waals surface area contributed by atoms with Crippen molar-refractivity contribution in [2.75, 3.05) is 5.32 Å². The molecule has 0 fully saturated rings. The topological polar surface area (TPSA) is 60.5 Å². The second-order valence-corrected chi connectivity index (χ2v) is 5.85. The second-order valence-electron chi connectivity index (χ2n) is 5.42. The van der Waals surface area contributed by atoms with Gasteiger partial charge in [0.2, 0.25) is 0 Å². The minimum Gasteiger partial charge on any atom is -0.434 e. The number of benzene rings is 2. The van der Waals surface area contributed by atoms with Crippen LogP contribution < -0.4 is 14.8 Å². The van der Waals surface area contributed by atoms with E-state index in [0.717, 1.165) is 6.20 Å². The lowest BCUT2D eigenvalue weighted by atomic mass is 10.0. The summed E-state index contributed by atoms with van der Waals surface area (Å²) in [4.78, 5) is 15.4. The number of alkyl halides is 2. The van der Waals surface area contributed by atoms with Gasteiger partial charge in [-0.25, -0.2) is 9.18 Å². The molecule has 9 heteroatoms. The monoisotopic (exact) mass is 408 g/mol. The average Bonchev–Trinajstić information content (AvgIpc) is 2.65. The molecule has 2 aromatic carbocycles. The number of carbonyl (C=O) groups is 1. The van der Waals surface area contributed by atoms with Crippen LogP contribution >= 0.6 is 11.6 Å². The summed E-state index contributed by atoms with van der Waals surface area (Å²) in [6.45, 7) is -2.98. The minimum atomic E-state index is -2.98. The normalized spacial score (nSPS) is 10.6. The standard InChI is InChI=1S/C19H12ClF3N2O3/c20-12-3-6-16(27-18(22)23)14(9-12)11-1-4-13(5-2-11)25-19(26)28-17-7-8-24-10-15(17)21/h1-10,18H,(H,25,26). The van der Waals surface area contributed by atoms with Gasteiger partial charge in [-0.05, 0) is 35.9 Å². The van der Waals surface area contributed by atoms with E-state index in [2.05, 4.69) is 15.0 Å². The van der Waals surface area contributed by atoms with E-state index in [9.17, 15) is 18.0 Å². The maximum absolute atomic E-state index is 13.4. The number of nitrogens with one attached hydrogen (secondary N) is 1. The Morgan fingerprint density at radius 3 is 2.50 bits per heavy atom. The zero-order chi connectivity index (χ0) is 20.1. The Labute approximate surface area is 162 Å². The minimum absolute atomic E-state index is 0.0346. The first-order valence-corrected chi connectivity index (χ1v) is 8.23. The highest BCUT2D eigenvalue weighted by molar-refractivity contribution is 6.31. The zero-order valence-corrected chi connectivity index (χ0v) is 14.8. The Balaban J connectivity index is 1.74. The highest BCUT2D eigenvalue weighted by Gasteiger charge is 2.13. The number of pyridine rings is 1. The van der Waals surface area contributed by atoms with Crippen molar-refractivity contribution in [3.8, 4) is 22.6 Å². The highest BCUT2D eigenvalue weighted by atomic mass is 35.5. The van der Waals surface area contributed by atoms with E-state index < -0.39 is 18.5 Å². The molecule has 0 saturated heterocycles. The van der Waals surface area contributed by atoms with E-state index in [1.165, 1.54) is 42.6 Å². The van der Waals surface area contributed by atoms with Crippen molar-refractivity contribution in [2.24, 2.45) is 0 Å². The highest BCUT2D eigenvalue weighted by Crippen LogP contribution is 2.34. The quantitative estimate of drug-likeness (QED) is 0.583. The summed E-state index contributed by atoms with van der Waals surface area (Å²) < 4.78 is 48.0. The van der Waals surface area contributed by atoms with E-state index in [1.54, 1.807) is 12.1 Å². The summed E-state index contributed by atoms with van der Waals surface area (Å²) in [5, 5.41) is 2.78. The number of aromatic nitrogens is 1. The first-order valence-electron chi connectivity index (χ1n) is 7.85. The summed E-state index contributed by atoms with van der Waals surface area (Å²) in [5.41, 5.74) is 1.25. The van der Waals surface area contributed by atoms with Gasteiger partial charge < -0.3 is 9.47 Å². The Morgan fingerprint density at radius 2 is 1.82 bits per heavy atom. The Hall–Kier alpha value is -3.26. The van der Waals surface area contributed by atoms with Crippen LogP contribution in [0, 0.1) is 5.82 Å². The summed E-state index contributed by atoms with van der Waals surface area (Å²) in [5.74, 6) is -1.08. The number of amides is 1. The van der Waals surface area contributed by atoms with Gasteiger partial charge in [0, 0.05) is 28.5 Å². The summed E-state index contributed by atoms with van der Waals surface area (Å²) in [6.07, 6.45) is 1.30. The molecule has 1 N–H and O–H groups in total. The SMILES string of the molecule is O=C(Nc1ccc(-c2cc(Cl)ccc2OC(F)F)cc1)Oc1ccncc1F. The van der Waals surface area contributed by atoms with Crippen molar-refractivity contribution < 1.29 is 27.4 Å². The van der Waals surface area contributed by atoms with Crippen LogP contribution in [0.15, 0.2) is 60.9 Å². The molecule has 0 unspecified atom stereocenters. The van der Waals surface area contributed by atoms with E-state index in [4.69, 9.17) is 16.3 Å². The number of ether oxygens (including phenoxy) is 2. The van der Waals surface area contributed by atoms with Crippen LogP contribution in [0.1, 0.15) is 0 Å². The third-order valence-electron chi connectivity index (χ3n) is 3.54. The predicted octanol–water partition coefficient (Wildman–Crippen LogP) is 5.75. The molecule has 3 rings (SSSR count). The molecular formula is C19H12ClF3N2O3. The van der Waals surface area contributed by atoms with Crippen molar-refractivity contribution in [1.82, 2.24) is 4.98 Å². The van der Waals surface area contributed by atoms with Crippen LogP contribution in [0.3, 0.4) is 0 Å². The van der Waals surface area contributed by atoms with Gasteiger partial charge in [0.05, 0.1) is 6.20 Å². The van der Waals surface area contributed by atoms with Gasteiger partial charge in [0.15, 0.2) is 11.6 Å². The molecule has 0 radical (unpaired) electrons. The van der Waals surface area contributed by atoms with E-state index in [-0.39, 0.29) is 11.5 Å². The van der Waals surface area contributed by atoms with Crippen LogP contribution in [0.2, 0.25) is 5.02 Å². The second kappa shape index (κ2) is 8.62. The number of anilines is 1. The van der Waals surface area contributed by atoms with Crippen molar-refractivity contribution in [2.45, 2.75) is 6.61 Å². The van der Waals surface area contributed by atoms with E-state index >= 15 is 0 Å². The first kappa shape index (κ1) is 19.5. The van der Waals surface area contributed by atoms with Crippen molar-refractivity contribution in [3.63, 3.8) is 0 Å². The molecule has 1 aromatic heterocycles. The average molecular weight is 409 g/mol. The van der Waals surface area contributed by atoms with Crippen LogP contribution in [0.4, 0.5) is 23.7 Å². The molecule has 1 heterocycles. The molecule has 5 nitrogen and oxygen atoms in total. The van der Waals surface area contributed by atoms with Crippen LogP contribution in [-0.2, 0) is 0 Å². The molecule has 3 aromatic rings. The van der Waals surface area contributed by atoms with Gasteiger partial charge in [-0.15, -0.1) is 0 Å². The van der Waals surface area contributed by atoms with Gasteiger partial charge in [-0.1, -0.05) is 23.7 Å². The molecular weight excluding hydrogens is 397 g/mol. The molecule has 28 heavy (non-hydrogen) atoms. The molecule has 0 atom stereocenters. The fraction of sp³-hybridized carbons (Fsp3) is 0.0526. The maximum atomic E-state index is 13.4. The lowest BCUT2D eigenvalue weighted by Gasteiger charge is -2.12. The number of hydrogen-bond donors (Lipinski definition) is 1. The molecule has 144 valence electrons. The molecule has 0 spiro atoms. The summed E-state index contributed by atoms with van der Waals surface area (Å²) in [6, 6.07) is 11.7. The van der Waals surface area contributed by atoms with Crippen molar-refractivity contribution >= 4 is 23.4 Å². The van der Waals surface area contributed by atoms with Crippen LogP contribution in [-0.4, -0.2) is 17.7 Å². The smallest absolute Gasteiger partial charge is 0.417 e. The lowest BCUT2D eigenvalue weighted by molar-refractivity contribution is -0.0494. The first-order chi connectivity index (χ1) is 13.4. The molecule has 0 saturated carbocycles. The molecule has 0 bridgehead atoms. The zero-order valence-electron chi connectivity index (χ0n) is 14.0. The number of carbonyl (C=O) groups excluding carboxylic acids is 1. The van der Waals surface area contributed by atoms with Crippen LogP contribution in [0.5, 0.6) is 11.5 Å². The molecule has 0 aliphatic heterocycles. The van der Waals surface area contributed by atoms with Crippen LogP contribution in [0.25, 0.3) is 11.1 Å². The van der Waals surface area contributed by atoms with Gasteiger partial charge >= 0.3 is 12.7 Å². The molecule has 0 aliphatic rings. The summed E-state index contributed by atoms with van der Waals surface area (Å²) >= 11 is 5.94. The number of rotatable bonds is 5. The van der Waals surface area contributed by atoms with E-state index in [1.807, 2.05) is 0 Å². The van der Waals surface area contributed by atoms with Gasteiger partial charge in [-0.3, -0.25) is 10.3 Å². The third kappa shape index (κ3) is 4.92. The maximum Gasteiger partial charge on any atom is 0.417 e. The fourth-order valence-electron chi connectivity index (χ4n) is 2.35. The van der Waals surface area contributed by atoms with E-state index in [0.29, 0.717) is 21.8 Å². The Morgan fingerprint density at radius 1 is 1.07 bits per heavy atom. The van der Waals surface area contributed by atoms with Gasteiger partial charge in [0.1, 0.15) is 5.75 Å². The Bertz CT molecular complexity index is 984. The third-order valence-corrected chi connectivity index (χ3v) is 3.77. The number of hydrogen-bond acceptors (Lipinski definition) is 4. The molecule has 0 aliphatic carbocycles. The molecule has 1 amide bonds. The summed E-state index contributed by atoms with van der Waals surface area (Å²) in [7, 11) is 0. The van der Waals surface area contributed by atoms with Crippen molar-refractivity contribution in [3.05, 3.63) is 71.8 Å². The lowest BCUT2D eigenvalue weighted by Crippen LogP contribution is -2.17. The Kier molecular flexibility index (Phi) is 6.00. The largest absolute Gasteiger partial charge is 0.434 e. The fourth-order valence-corrected chi connectivity index (χ4v) is 2.52. The van der Waals surface area contributed by atoms with Crippen molar-refractivity contribution in [1.29, 1.82) is 0 Å². The predicted molar refractivity (Wildman–Crippen MR) is 97.4 cm³/mol.